The summed E-state index contributed by atoms with van der Waals surface area (Å²) < 4.78 is 8.08. The third-order valence-corrected chi connectivity index (χ3v) is 5.44. The first-order valence-electron chi connectivity index (χ1n) is 6.66. The van der Waals surface area contributed by atoms with Crippen molar-refractivity contribution in [3.8, 4) is 5.75 Å². The number of fused-ring (bicyclic) bond motifs is 1. The lowest BCUT2D eigenvalue weighted by Crippen LogP contribution is -2.21. The molecule has 0 spiro atoms. The molecule has 0 bridgehead atoms. The van der Waals surface area contributed by atoms with Gasteiger partial charge in [-0.3, -0.25) is 0 Å². The summed E-state index contributed by atoms with van der Waals surface area (Å²) in [7, 11) is 1.71. The number of benzene rings is 1. The van der Waals surface area contributed by atoms with Gasteiger partial charge in [0.25, 0.3) is 0 Å². The van der Waals surface area contributed by atoms with E-state index in [-0.39, 0.29) is 6.04 Å². The molecule has 0 saturated carbocycles. The average molecular weight is 303 g/mol. The van der Waals surface area contributed by atoms with E-state index in [4.69, 9.17) is 4.74 Å². The van der Waals surface area contributed by atoms with E-state index in [2.05, 4.69) is 48.0 Å². The van der Waals surface area contributed by atoms with Crippen LogP contribution in [0.1, 0.15) is 23.4 Å². The zero-order valence-electron chi connectivity index (χ0n) is 11.6. The molecule has 2 aromatic heterocycles. The normalized spacial score (nSPS) is 12.7. The lowest BCUT2D eigenvalue weighted by Gasteiger charge is -2.17. The van der Waals surface area contributed by atoms with E-state index < -0.39 is 0 Å². The maximum Gasteiger partial charge on any atom is 0.119 e. The molecule has 0 radical (unpaired) electrons. The Kier molecular flexibility index (Phi) is 4.05. The molecule has 2 nitrogen and oxygen atoms in total. The van der Waals surface area contributed by atoms with E-state index in [1.54, 1.807) is 18.4 Å². The molecule has 3 rings (SSSR count). The molecule has 0 fully saturated rings. The van der Waals surface area contributed by atoms with Crippen LogP contribution in [0.3, 0.4) is 0 Å². The minimum atomic E-state index is 0.236. The highest BCUT2D eigenvalue weighted by Gasteiger charge is 2.16. The monoisotopic (exact) mass is 303 g/mol. The summed E-state index contributed by atoms with van der Waals surface area (Å²) in [5.74, 6) is 0.906. The SMILES string of the molecule is CCNC(c1cccc(OC)c1)c1cc2sccc2s1. The van der Waals surface area contributed by atoms with Crippen molar-refractivity contribution < 1.29 is 4.74 Å². The molecule has 0 aliphatic heterocycles. The Bertz CT molecular complexity index is 673. The molecular formula is C16H17NOS2. The first kappa shape index (κ1) is 13.6. The molecule has 0 amide bonds. The molecule has 0 saturated heterocycles. The van der Waals surface area contributed by atoms with Crippen LogP contribution in [-0.4, -0.2) is 13.7 Å². The highest BCUT2D eigenvalue weighted by atomic mass is 32.1. The summed E-state index contributed by atoms with van der Waals surface area (Å²) in [6, 6.07) is 13.0. The van der Waals surface area contributed by atoms with Crippen molar-refractivity contribution in [1.82, 2.24) is 5.32 Å². The second-order valence-corrected chi connectivity index (χ2v) is 6.63. The molecule has 20 heavy (non-hydrogen) atoms. The molecule has 1 aromatic carbocycles. The largest absolute Gasteiger partial charge is 0.497 e. The van der Waals surface area contributed by atoms with Gasteiger partial charge in [0.15, 0.2) is 0 Å². The average Bonchev–Trinajstić information content (AvgIpc) is 3.06. The molecule has 2 heterocycles. The van der Waals surface area contributed by atoms with Crippen molar-refractivity contribution in [2.45, 2.75) is 13.0 Å². The lowest BCUT2D eigenvalue weighted by molar-refractivity contribution is 0.413. The summed E-state index contributed by atoms with van der Waals surface area (Å²) in [6.07, 6.45) is 0. The number of methoxy groups -OCH3 is 1. The number of rotatable bonds is 5. The topological polar surface area (TPSA) is 21.3 Å². The Labute approximate surface area is 127 Å². The van der Waals surface area contributed by atoms with Gasteiger partial charge in [0, 0.05) is 14.3 Å². The Morgan fingerprint density at radius 3 is 2.85 bits per heavy atom. The Morgan fingerprint density at radius 1 is 1.20 bits per heavy atom. The van der Waals surface area contributed by atoms with E-state index in [9.17, 15) is 0 Å². The van der Waals surface area contributed by atoms with Gasteiger partial charge >= 0.3 is 0 Å². The van der Waals surface area contributed by atoms with Crippen molar-refractivity contribution >= 4 is 32.1 Å². The first-order valence-corrected chi connectivity index (χ1v) is 8.35. The molecule has 1 N–H and O–H groups in total. The number of ether oxygens (including phenoxy) is 1. The van der Waals surface area contributed by atoms with Crippen LogP contribution in [0.4, 0.5) is 0 Å². The molecule has 1 atom stereocenters. The third kappa shape index (κ3) is 2.59. The summed E-state index contributed by atoms with van der Waals surface area (Å²) >= 11 is 3.67. The highest BCUT2D eigenvalue weighted by molar-refractivity contribution is 7.27. The minimum absolute atomic E-state index is 0.236. The van der Waals surface area contributed by atoms with Gasteiger partial charge in [0.05, 0.1) is 13.2 Å². The quantitative estimate of drug-likeness (QED) is 0.739. The second-order valence-electron chi connectivity index (χ2n) is 4.57. The van der Waals surface area contributed by atoms with E-state index in [0.29, 0.717) is 0 Å². The molecule has 0 aliphatic rings. The van der Waals surface area contributed by atoms with E-state index >= 15 is 0 Å². The predicted molar refractivity (Wildman–Crippen MR) is 88.2 cm³/mol. The van der Waals surface area contributed by atoms with Gasteiger partial charge in [0.2, 0.25) is 0 Å². The van der Waals surface area contributed by atoms with Gasteiger partial charge in [-0.25, -0.2) is 0 Å². The lowest BCUT2D eigenvalue weighted by atomic mass is 10.0. The predicted octanol–water partition coefficient (Wildman–Crippen LogP) is 4.67. The summed E-state index contributed by atoms with van der Waals surface area (Å²) in [6.45, 7) is 3.08. The Balaban J connectivity index is 2.01. The van der Waals surface area contributed by atoms with E-state index in [0.717, 1.165) is 12.3 Å². The van der Waals surface area contributed by atoms with Gasteiger partial charge in [-0.1, -0.05) is 19.1 Å². The smallest absolute Gasteiger partial charge is 0.119 e. The summed E-state index contributed by atoms with van der Waals surface area (Å²) in [5.41, 5.74) is 1.25. The molecule has 1 unspecified atom stereocenters. The minimum Gasteiger partial charge on any atom is -0.497 e. The summed E-state index contributed by atoms with van der Waals surface area (Å²) in [4.78, 5) is 1.36. The van der Waals surface area contributed by atoms with Crippen LogP contribution in [0.25, 0.3) is 9.40 Å². The van der Waals surface area contributed by atoms with Gasteiger partial charge in [-0.05, 0) is 41.8 Å². The van der Waals surface area contributed by atoms with Crippen molar-refractivity contribution in [2.24, 2.45) is 0 Å². The first-order chi connectivity index (χ1) is 9.81. The van der Waals surface area contributed by atoms with Crippen molar-refractivity contribution in [3.05, 3.63) is 52.2 Å². The molecule has 104 valence electrons. The van der Waals surface area contributed by atoms with Crippen molar-refractivity contribution in [2.75, 3.05) is 13.7 Å². The van der Waals surface area contributed by atoms with Crippen LogP contribution in [0.15, 0.2) is 41.8 Å². The fraction of sp³-hybridized carbons (Fsp3) is 0.250. The number of nitrogens with one attached hydrogen (secondary N) is 1. The maximum absolute atomic E-state index is 5.34. The Morgan fingerprint density at radius 2 is 2.10 bits per heavy atom. The van der Waals surface area contributed by atoms with Crippen molar-refractivity contribution in [3.63, 3.8) is 0 Å². The van der Waals surface area contributed by atoms with Gasteiger partial charge in [-0.15, -0.1) is 22.7 Å². The highest BCUT2D eigenvalue weighted by Crippen LogP contribution is 2.36. The molecular weight excluding hydrogens is 286 g/mol. The van der Waals surface area contributed by atoms with Crippen LogP contribution < -0.4 is 10.1 Å². The fourth-order valence-corrected chi connectivity index (χ4v) is 4.56. The summed E-state index contributed by atoms with van der Waals surface area (Å²) in [5, 5.41) is 5.73. The molecule has 4 heteroatoms. The molecule has 0 aliphatic carbocycles. The zero-order chi connectivity index (χ0) is 13.9. The van der Waals surface area contributed by atoms with Crippen LogP contribution >= 0.6 is 22.7 Å². The number of hydrogen-bond donors (Lipinski definition) is 1. The maximum atomic E-state index is 5.34. The van der Waals surface area contributed by atoms with Crippen LogP contribution in [-0.2, 0) is 0 Å². The van der Waals surface area contributed by atoms with Gasteiger partial charge in [0.1, 0.15) is 5.75 Å². The van der Waals surface area contributed by atoms with E-state index in [1.807, 2.05) is 17.4 Å². The van der Waals surface area contributed by atoms with Crippen LogP contribution in [0, 0.1) is 0 Å². The van der Waals surface area contributed by atoms with Crippen molar-refractivity contribution in [1.29, 1.82) is 0 Å². The number of hydrogen-bond acceptors (Lipinski definition) is 4. The standard InChI is InChI=1S/C16H17NOS2/c1-3-17-16(11-5-4-6-12(9-11)18-2)15-10-14-13(20-15)7-8-19-14/h4-10,16-17H,3H2,1-2H3. The second kappa shape index (κ2) is 5.95. The van der Waals surface area contributed by atoms with Crippen LogP contribution in [0.5, 0.6) is 5.75 Å². The zero-order valence-corrected chi connectivity index (χ0v) is 13.2. The molecule has 3 aromatic rings. The number of thiophene rings is 2. The van der Waals surface area contributed by atoms with Gasteiger partial charge in [-0.2, -0.15) is 0 Å². The van der Waals surface area contributed by atoms with Gasteiger partial charge < -0.3 is 10.1 Å². The van der Waals surface area contributed by atoms with E-state index in [1.165, 1.54) is 19.8 Å². The van der Waals surface area contributed by atoms with Crippen LogP contribution in [0.2, 0.25) is 0 Å². The Hall–Kier alpha value is -1.36. The fourth-order valence-electron chi connectivity index (χ4n) is 2.33. The third-order valence-electron chi connectivity index (χ3n) is 3.28.